The van der Waals surface area contributed by atoms with Gasteiger partial charge >= 0.3 is 11.4 Å². The number of anilines is 1. The quantitative estimate of drug-likeness (QED) is 0.596. The first-order chi connectivity index (χ1) is 14.7. The van der Waals surface area contributed by atoms with Gasteiger partial charge in [-0.3, -0.25) is 4.57 Å². The molecule has 0 bridgehead atoms. The number of aromatic nitrogens is 3. The van der Waals surface area contributed by atoms with Crippen LogP contribution in [0.4, 0.5) is 10.3 Å². The van der Waals surface area contributed by atoms with Crippen molar-refractivity contribution in [1.29, 1.82) is 0 Å². The minimum Gasteiger partial charge on any atom is -0.491 e. The average molecular weight is 426 g/mol. The lowest BCUT2D eigenvalue weighted by atomic mass is 10.2. The van der Waals surface area contributed by atoms with Crippen LogP contribution in [0.3, 0.4) is 0 Å². The van der Waals surface area contributed by atoms with Crippen molar-refractivity contribution in [3.8, 4) is 5.75 Å². The maximum absolute atomic E-state index is 13.3. The summed E-state index contributed by atoms with van der Waals surface area (Å²) in [7, 11) is 0. The third-order valence-corrected chi connectivity index (χ3v) is 4.62. The average Bonchev–Trinajstić information content (AvgIpc) is 2.70. The van der Waals surface area contributed by atoms with Crippen LogP contribution in [0.15, 0.2) is 58.1 Å². The lowest BCUT2D eigenvalue weighted by molar-refractivity contribution is 0.242. The molecule has 0 fully saturated rings. The highest BCUT2D eigenvalue weighted by atomic mass is 19.1. The van der Waals surface area contributed by atoms with Gasteiger partial charge in [0.2, 0.25) is 5.95 Å². The van der Waals surface area contributed by atoms with Crippen molar-refractivity contribution in [2.75, 3.05) is 5.32 Å². The number of rotatable bonds is 8. The Morgan fingerprint density at radius 2 is 1.58 bits per heavy atom. The van der Waals surface area contributed by atoms with Crippen LogP contribution in [0.5, 0.6) is 5.75 Å². The molecule has 31 heavy (non-hydrogen) atoms. The van der Waals surface area contributed by atoms with Crippen LogP contribution in [0, 0.1) is 5.82 Å². The van der Waals surface area contributed by atoms with E-state index in [4.69, 9.17) is 4.74 Å². The molecule has 0 unspecified atom stereocenters. The highest BCUT2D eigenvalue weighted by molar-refractivity contribution is 5.32. The van der Waals surface area contributed by atoms with E-state index >= 15 is 0 Å². The van der Waals surface area contributed by atoms with E-state index in [1.807, 2.05) is 38.1 Å². The molecule has 1 aromatic heterocycles. The molecular weight excluding hydrogens is 399 g/mol. The maximum atomic E-state index is 13.3. The molecule has 0 saturated carbocycles. The second-order valence-corrected chi connectivity index (χ2v) is 7.84. The van der Waals surface area contributed by atoms with Crippen molar-refractivity contribution in [3.63, 3.8) is 0 Å². The van der Waals surface area contributed by atoms with Crippen molar-refractivity contribution in [3.05, 3.63) is 86.4 Å². The number of benzene rings is 2. The molecule has 1 N–H and O–H groups in total. The van der Waals surface area contributed by atoms with Crippen molar-refractivity contribution < 1.29 is 9.13 Å². The summed E-state index contributed by atoms with van der Waals surface area (Å²) in [6, 6.07) is 13.1. The summed E-state index contributed by atoms with van der Waals surface area (Å²) in [5.41, 5.74) is 0.574. The molecule has 2 aromatic carbocycles. The Hall–Kier alpha value is -3.42. The number of hydrogen-bond acceptors (Lipinski definition) is 5. The maximum Gasteiger partial charge on any atom is 0.355 e. The van der Waals surface area contributed by atoms with Gasteiger partial charge in [0.05, 0.1) is 12.6 Å². The van der Waals surface area contributed by atoms with Crippen LogP contribution in [-0.4, -0.2) is 20.2 Å². The molecule has 7 nitrogen and oxygen atoms in total. The molecule has 164 valence electrons. The third kappa shape index (κ3) is 5.59. The molecule has 0 aliphatic heterocycles. The van der Waals surface area contributed by atoms with Gasteiger partial charge in [-0.2, -0.15) is 4.98 Å². The van der Waals surface area contributed by atoms with Crippen molar-refractivity contribution in [2.24, 2.45) is 0 Å². The zero-order valence-corrected chi connectivity index (χ0v) is 18.1. The molecule has 3 rings (SSSR count). The highest BCUT2D eigenvalue weighted by Crippen LogP contribution is 2.15. The van der Waals surface area contributed by atoms with Crippen molar-refractivity contribution in [1.82, 2.24) is 14.1 Å². The first-order valence-electron chi connectivity index (χ1n) is 10.2. The normalized spacial score (nSPS) is 11.2. The lowest BCUT2D eigenvalue weighted by Gasteiger charge is -2.17. The number of nitrogens with one attached hydrogen (secondary N) is 1. The number of halogens is 1. The number of nitrogens with zero attached hydrogens (tertiary/aromatic N) is 3. The Morgan fingerprint density at radius 3 is 2.16 bits per heavy atom. The van der Waals surface area contributed by atoms with E-state index in [-0.39, 0.29) is 30.5 Å². The molecule has 8 heteroatoms. The summed E-state index contributed by atoms with van der Waals surface area (Å²) >= 11 is 0. The molecule has 3 aromatic rings. The fraction of sp³-hybridized carbons (Fsp3) is 0.348. The fourth-order valence-electron chi connectivity index (χ4n) is 3.14. The summed E-state index contributed by atoms with van der Waals surface area (Å²) in [6.07, 6.45) is 0.0847. The largest absolute Gasteiger partial charge is 0.491 e. The van der Waals surface area contributed by atoms with Gasteiger partial charge in [0, 0.05) is 12.6 Å². The Bertz CT molecular complexity index is 1130. The Balaban J connectivity index is 1.90. The van der Waals surface area contributed by atoms with Gasteiger partial charge in [-0.05, 0) is 63.1 Å². The van der Waals surface area contributed by atoms with Crippen LogP contribution in [0.1, 0.15) is 44.9 Å². The van der Waals surface area contributed by atoms with Crippen LogP contribution >= 0.6 is 0 Å². The van der Waals surface area contributed by atoms with Gasteiger partial charge in [-0.1, -0.05) is 24.3 Å². The number of hydrogen-bond donors (Lipinski definition) is 1. The predicted molar refractivity (Wildman–Crippen MR) is 118 cm³/mol. The Kier molecular flexibility index (Phi) is 6.89. The topological polar surface area (TPSA) is 78.2 Å². The van der Waals surface area contributed by atoms with Gasteiger partial charge in [-0.15, -0.1) is 0 Å². The van der Waals surface area contributed by atoms with Gasteiger partial charge < -0.3 is 10.1 Å². The van der Waals surface area contributed by atoms with Crippen LogP contribution in [0.2, 0.25) is 0 Å². The first-order valence-corrected chi connectivity index (χ1v) is 10.2. The van der Waals surface area contributed by atoms with E-state index in [0.29, 0.717) is 6.54 Å². The molecule has 0 spiro atoms. The van der Waals surface area contributed by atoms with Crippen molar-refractivity contribution in [2.45, 2.75) is 52.9 Å². The monoisotopic (exact) mass is 426 g/mol. The molecule has 0 aliphatic carbocycles. The highest BCUT2D eigenvalue weighted by Gasteiger charge is 2.15. The van der Waals surface area contributed by atoms with E-state index in [0.717, 1.165) is 21.4 Å². The van der Waals surface area contributed by atoms with E-state index in [1.54, 1.807) is 26.0 Å². The molecule has 1 heterocycles. The molecular formula is C23H27FN4O3. The zero-order valence-electron chi connectivity index (χ0n) is 18.1. The van der Waals surface area contributed by atoms with Crippen molar-refractivity contribution >= 4 is 5.95 Å². The summed E-state index contributed by atoms with van der Waals surface area (Å²) < 4.78 is 21.4. The van der Waals surface area contributed by atoms with E-state index < -0.39 is 11.4 Å². The SMILES string of the molecule is CC(C)Oc1ccc(CNc2nc(=O)n(C(C)C)c(=O)n2Cc2ccc(F)cc2)cc1. The Labute approximate surface area is 180 Å². The zero-order chi connectivity index (χ0) is 22.5. The second-order valence-electron chi connectivity index (χ2n) is 7.84. The minimum absolute atomic E-state index is 0.0847. The van der Waals surface area contributed by atoms with Gasteiger partial charge in [0.25, 0.3) is 0 Å². The van der Waals surface area contributed by atoms with E-state index in [2.05, 4.69) is 10.3 Å². The number of ether oxygens (including phenoxy) is 1. The fourth-order valence-corrected chi connectivity index (χ4v) is 3.14. The third-order valence-electron chi connectivity index (χ3n) is 4.62. The van der Waals surface area contributed by atoms with Gasteiger partial charge in [0.1, 0.15) is 11.6 Å². The molecule has 0 saturated heterocycles. The predicted octanol–water partition coefficient (Wildman–Crippen LogP) is 3.57. The van der Waals surface area contributed by atoms with E-state index in [9.17, 15) is 14.0 Å². The molecule has 0 aliphatic rings. The van der Waals surface area contributed by atoms with E-state index in [1.165, 1.54) is 16.7 Å². The summed E-state index contributed by atoms with van der Waals surface area (Å²) in [4.78, 5) is 29.6. The van der Waals surface area contributed by atoms with Gasteiger partial charge in [0.15, 0.2) is 0 Å². The molecule has 0 amide bonds. The summed E-state index contributed by atoms with van der Waals surface area (Å²) in [6.45, 7) is 7.94. The second kappa shape index (κ2) is 9.59. The summed E-state index contributed by atoms with van der Waals surface area (Å²) in [5.74, 6) is 0.577. The molecule has 0 radical (unpaired) electrons. The Morgan fingerprint density at radius 1 is 0.968 bits per heavy atom. The minimum atomic E-state index is -0.612. The van der Waals surface area contributed by atoms with Crippen LogP contribution in [0.25, 0.3) is 0 Å². The standard InChI is InChI=1S/C23H27FN4O3/c1-15(2)28-22(29)26-21(25-13-17-7-11-20(12-8-17)31-16(3)4)27(23(28)30)14-18-5-9-19(24)10-6-18/h5-12,15-16H,13-14H2,1-4H3,(H,25,26,29). The first kappa shape index (κ1) is 22.3. The van der Waals surface area contributed by atoms with Gasteiger partial charge in [-0.25, -0.2) is 18.5 Å². The molecule has 0 atom stereocenters. The summed E-state index contributed by atoms with van der Waals surface area (Å²) in [5, 5.41) is 3.09. The smallest absolute Gasteiger partial charge is 0.355 e. The van der Waals surface area contributed by atoms with Crippen LogP contribution in [-0.2, 0) is 13.1 Å². The van der Waals surface area contributed by atoms with Crippen LogP contribution < -0.4 is 21.4 Å². The lowest BCUT2D eigenvalue weighted by Crippen LogP contribution is -2.43.